The zero-order valence-electron chi connectivity index (χ0n) is 14.0. The molecule has 118 valence electrons. The summed E-state index contributed by atoms with van der Waals surface area (Å²) in [6.45, 7) is 9.93. The summed E-state index contributed by atoms with van der Waals surface area (Å²) in [6.07, 6.45) is 4.41. The van der Waals surface area contributed by atoms with E-state index in [0.717, 1.165) is 13.0 Å². The minimum Gasteiger partial charge on any atom is -0.353 e. The molecule has 1 fully saturated rings. The molecule has 1 aromatic rings. The molecule has 2 rings (SSSR count). The second-order valence-electron chi connectivity index (χ2n) is 6.66. The van der Waals surface area contributed by atoms with E-state index in [4.69, 9.17) is 0 Å². The zero-order chi connectivity index (χ0) is 15.6. The fraction of sp³-hybridized carbons (Fsp3) is 0.706. The number of aryl methyl sites for hydroxylation is 1. The maximum atomic E-state index is 12.7. The van der Waals surface area contributed by atoms with Crippen LogP contribution in [0.25, 0.3) is 0 Å². The van der Waals surface area contributed by atoms with Gasteiger partial charge in [-0.3, -0.25) is 9.69 Å². The molecule has 1 aliphatic rings. The van der Waals surface area contributed by atoms with E-state index in [1.54, 1.807) is 0 Å². The topological polar surface area (TPSA) is 28.5 Å². The molecule has 0 saturated carbocycles. The Morgan fingerprint density at radius 2 is 2.00 bits per heavy atom. The van der Waals surface area contributed by atoms with Crippen LogP contribution in [0.15, 0.2) is 18.3 Å². The van der Waals surface area contributed by atoms with Crippen molar-refractivity contribution in [3.63, 3.8) is 0 Å². The van der Waals surface area contributed by atoms with E-state index < -0.39 is 0 Å². The van der Waals surface area contributed by atoms with Crippen molar-refractivity contribution < 1.29 is 4.79 Å². The summed E-state index contributed by atoms with van der Waals surface area (Å²) < 4.78 is 2.18. The second-order valence-corrected chi connectivity index (χ2v) is 6.66. The van der Waals surface area contributed by atoms with E-state index in [9.17, 15) is 4.79 Å². The third-order valence-electron chi connectivity index (χ3n) is 4.43. The van der Waals surface area contributed by atoms with Crippen LogP contribution < -0.4 is 0 Å². The molecule has 2 heterocycles. The molecule has 0 radical (unpaired) electrons. The number of hydrogen-bond acceptors (Lipinski definition) is 2. The average Bonchev–Trinajstić information content (AvgIpc) is 2.96. The Labute approximate surface area is 128 Å². The van der Waals surface area contributed by atoms with Gasteiger partial charge in [0.25, 0.3) is 0 Å². The normalized spacial score (nSPS) is 19.7. The maximum Gasteiger partial charge on any atom is 0.237 e. The molecule has 4 nitrogen and oxygen atoms in total. The molecule has 21 heavy (non-hydrogen) atoms. The standard InChI is InChI=1S/C17H29N3O/c1-13(2)20(14(3)4)17(21)12-19-11-7-9-16(19)15-8-6-10-18(15)5/h6,8,10,13-14,16H,7,9,11-12H2,1-5H3/t16-/m1/s1. The van der Waals surface area contributed by atoms with Crippen LogP contribution in [-0.2, 0) is 11.8 Å². The highest BCUT2D eigenvalue weighted by Gasteiger charge is 2.31. The van der Waals surface area contributed by atoms with E-state index >= 15 is 0 Å². The summed E-state index contributed by atoms with van der Waals surface area (Å²) in [4.78, 5) is 17.0. The van der Waals surface area contributed by atoms with Gasteiger partial charge in [-0.15, -0.1) is 0 Å². The van der Waals surface area contributed by atoms with Crippen LogP contribution in [0, 0.1) is 0 Å². The molecule has 0 N–H and O–H groups in total. The monoisotopic (exact) mass is 291 g/mol. The van der Waals surface area contributed by atoms with Crippen molar-refractivity contribution in [3.05, 3.63) is 24.0 Å². The Bertz CT molecular complexity index is 470. The van der Waals surface area contributed by atoms with E-state index in [-0.39, 0.29) is 18.0 Å². The molecular weight excluding hydrogens is 262 g/mol. The molecule has 0 bridgehead atoms. The third-order valence-corrected chi connectivity index (χ3v) is 4.43. The van der Waals surface area contributed by atoms with Crippen molar-refractivity contribution in [2.24, 2.45) is 7.05 Å². The number of rotatable bonds is 5. The first-order valence-electron chi connectivity index (χ1n) is 8.08. The SMILES string of the molecule is CC(C)N(C(=O)CN1CCC[C@@H]1c1cccn1C)C(C)C. The maximum absolute atomic E-state index is 12.7. The lowest BCUT2D eigenvalue weighted by Crippen LogP contribution is -2.47. The first kappa shape index (κ1) is 16.1. The van der Waals surface area contributed by atoms with Gasteiger partial charge >= 0.3 is 0 Å². The number of carbonyl (C=O) groups is 1. The van der Waals surface area contributed by atoms with Gasteiger partial charge in [-0.2, -0.15) is 0 Å². The molecule has 0 aromatic carbocycles. The third kappa shape index (κ3) is 3.49. The average molecular weight is 291 g/mol. The van der Waals surface area contributed by atoms with Gasteiger partial charge in [-0.1, -0.05) is 0 Å². The Hall–Kier alpha value is -1.29. The predicted octanol–water partition coefficient (Wildman–Crippen LogP) is 2.81. The van der Waals surface area contributed by atoms with Crippen LogP contribution in [0.3, 0.4) is 0 Å². The Kier molecular flexibility index (Phi) is 5.09. The Morgan fingerprint density at radius 1 is 1.33 bits per heavy atom. The van der Waals surface area contributed by atoms with Crippen LogP contribution in [0.5, 0.6) is 0 Å². The van der Waals surface area contributed by atoms with Gasteiger partial charge in [0, 0.05) is 31.0 Å². The highest BCUT2D eigenvalue weighted by Crippen LogP contribution is 2.31. The van der Waals surface area contributed by atoms with Crippen LogP contribution in [-0.4, -0.2) is 45.4 Å². The van der Waals surface area contributed by atoms with Crippen LogP contribution in [0.4, 0.5) is 0 Å². The van der Waals surface area contributed by atoms with E-state index in [1.165, 1.54) is 12.1 Å². The largest absolute Gasteiger partial charge is 0.353 e. The minimum absolute atomic E-state index is 0.251. The highest BCUT2D eigenvalue weighted by molar-refractivity contribution is 5.79. The molecule has 1 saturated heterocycles. The molecule has 1 aliphatic heterocycles. The van der Waals surface area contributed by atoms with E-state index in [0.29, 0.717) is 12.6 Å². The lowest BCUT2D eigenvalue weighted by Gasteiger charge is -2.33. The van der Waals surface area contributed by atoms with Crippen molar-refractivity contribution in [1.82, 2.24) is 14.4 Å². The molecule has 0 aliphatic carbocycles. The van der Waals surface area contributed by atoms with Gasteiger partial charge in [0.05, 0.1) is 12.6 Å². The first-order valence-corrected chi connectivity index (χ1v) is 8.08. The zero-order valence-corrected chi connectivity index (χ0v) is 14.0. The van der Waals surface area contributed by atoms with E-state index in [2.05, 4.69) is 62.5 Å². The van der Waals surface area contributed by atoms with Crippen molar-refractivity contribution in [3.8, 4) is 0 Å². The predicted molar refractivity (Wildman–Crippen MR) is 86.1 cm³/mol. The fourth-order valence-electron chi connectivity index (χ4n) is 3.60. The Morgan fingerprint density at radius 3 is 2.52 bits per heavy atom. The number of nitrogens with zero attached hydrogens (tertiary/aromatic N) is 3. The molecule has 1 atom stereocenters. The molecule has 0 unspecified atom stereocenters. The Balaban J connectivity index is 2.08. The molecule has 1 amide bonds. The van der Waals surface area contributed by atoms with Crippen molar-refractivity contribution in [1.29, 1.82) is 0 Å². The van der Waals surface area contributed by atoms with Crippen LogP contribution in [0.2, 0.25) is 0 Å². The summed E-state index contributed by atoms with van der Waals surface area (Å²) in [5.74, 6) is 0.251. The first-order chi connectivity index (χ1) is 9.91. The summed E-state index contributed by atoms with van der Waals surface area (Å²) >= 11 is 0. The van der Waals surface area contributed by atoms with Gasteiger partial charge in [0.15, 0.2) is 0 Å². The van der Waals surface area contributed by atoms with Gasteiger partial charge < -0.3 is 9.47 Å². The van der Waals surface area contributed by atoms with Gasteiger partial charge in [-0.25, -0.2) is 0 Å². The lowest BCUT2D eigenvalue weighted by molar-refractivity contribution is -0.136. The smallest absolute Gasteiger partial charge is 0.237 e. The second kappa shape index (κ2) is 6.65. The van der Waals surface area contributed by atoms with Gasteiger partial charge in [-0.05, 0) is 59.2 Å². The summed E-state index contributed by atoms with van der Waals surface area (Å²) in [6, 6.07) is 5.16. The van der Waals surface area contributed by atoms with Crippen LogP contribution >= 0.6 is 0 Å². The molecule has 1 aromatic heterocycles. The molecule has 0 spiro atoms. The van der Waals surface area contributed by atoms with E-state index in [1.807, 2.05) is 4.90 Å². The highest BCUT2D eigenvalue weighted by atomic mass is 16.2. The molecule has 4 heteroatoms. The minimum atomic E-state index is 0.251. The summed E-state index contributed by atoms with van der Waals surface area (Å²) in [5, 5.41) is 0. The number of aromatic nitrogens is 1. The van der Waals surface area contributed by atoms with Crippen molar-refractivity contribution in [2.45, 2.75) is 58.7 Å². The van der Waals surface area contributed by atoms with Gasteiger partial charge in [0.2, 0.25) is 5.91 Å². The van der Waals surface area contributed by atoms with Crippen molar-refractivity contribution >= 4 is 5.91 Å². The van der Waals surface area contributed by atoms with Crippen LogP contribution in [0.1, 0.15) is 52.3 Å². The summed E-state index contributed by atoms with van der Waals surface area (Å²) in [5.41, 5.74) is 1.32. The molecular formula is C17H29N3O. The number of amides is 1. The van der Waals surface area contributed by atoms with Crippen molar-refractivity contribution in [2.75, 3.05) is 13.1 Å². The number of hydrogen-bond donors (Lipinski definition) is 0. The summed E-state index contributed by atoms with van der Waals surface area (Å²) in [7, 11) is 2.09. The quantitative estimate of drug-likeness (QED) is 0.834. The van der Waals surface area contributed by atoms with Gasteiger partial charge in [0.1, 0.15) is 0 Å². The fourth-order valence-corrected chi connectivity index (χ4v) is 3.60. The lowest BCUT2D eigenvalue weighted by atomic mass is 10.1. The number of carbonyl (C=O) groups excluding carboxylic acids is 1. The number of likely N-dealkylation sites (tertiary alicyclic amines) is 1.